The molecule has 204 valence electrons. The average molecular weight is 556 g/mol. The first-order valence-corrected chi connectivity index (χ1v) is 13.6. The molecule has 5 aromatic rings. The van der Waals surface area contributed by atoms with Crippen LogP contribution in [-0.4, -0.2) is 53.3 Å². The predicted octanol–water partition coefficient (Wildman–Crippen LogP) is 4.53. The molecule has 0 bridgehead atoms. The topological polar surface area (TPSA) is 101 Å². The number of benzene rings is 3. The van der Waals surface area contributed by atoms with Crippen molar-refractivity contribution in [2.24, 2.45) is 0 Å². The predicted molar refractivity (Wildman–Crippen MR) is 153 cm³/mol. The van der Waals surface area contributed by atoms with E-state index >= 15 is 0 Å². The summed E-state index contributed by atoms with van der Waals surface area (Å²) in [5.74, 6) is 0. The van der Waals surface area contributed by atoms with Gasteiger partial charge in [-0.25, -0.2) is 9.97 Å². The summed E-state index contributed by atoms with van der Waals surface area (Å²) in [6.45, 7) is 0. The molecule has 8 heteroatoms. The van der Waals surface area contributed by atoms with Gasteiger partial charge in [-0.05, 0) is 22.8 Å². The molecule has 7 nitrogen and oxygen atoms in total. The Hall–Kier alpha value is -3.59. The Kier molecular flexibility index (Phi) is 7.16. The van der Waals surface area contributed by atoms with Crippen LogP contribution in [0.3, 0.4) is 0 Å². The second-order valence-corrected chi connectivity index (χ2v) is 10.8. The third-order valence-electron chi connectivity index (χ3n) is 7.87. The zero-order valence-corrected chi connectivity index (χ0v) is 22.5. The van der Waals surface area contributed by atoms with Gasteiger partial charge in [-0.15, -0.1) is 0 Å². The van der Waals surface area contributed by atoms with E-state index in [1.54, 1.807) is 16.8 Å². The highest BCUT2D eigenvalue weighted by atomic mass is 35.5. The summed E-state index contributed by atoms with van der Waals surface area (Å²) in [5, 5.41) is 37.4. The van der Waals surface area contributed by atoms with Gasteiger partial charge < -0.3 is 24.6 Å². The van der Waals surface area contributed by atoms with Crippen LogP contribution in [0.25, 0.3) is 11.0 Å². The van der Waals surface area contributed by atoms with E-state index in [1.807, 2.05) is 91.0 Å². The summed E-state index contributed by atoms with van der Waals surface area (Å²) in [7, 11) is 0. The van der Waals surface area contributed by atoms with Crippen LogP contribution < -0.4 is 0 Å². The molecule has 0 saturated carbocycles. The molecule has 1 fully saturated rings. The Bertz CT molecular complexity index is 1580. The number of nitrogens with zero attached hydrogens (tertiary/aromatic N) is 3. The van der Waals surface area contributed by atoms with Gasteiger partial charge in [0.2, 0.25) is 0 Å². The Morgan fingerprint density at radius 1 is 0.775 bits per heavy atom. The van der Waals surface area contributed by atoms with E-state index in [4.69, 9.17) is 16.3 Å². The third-order valence-corrected chi connectivity index (χ3v) is 8.15. The number of aliphatic hydroxyl groups excluding tert-OH is 1. The second-order valence-electron chi connectivity index (χ2n) is 10.5. The number of ether oxygens (including phenoxy) is 1. The van der Waals surface area contributed by atoms with Crippen molar-refractivity contribution < 1.29 is 20.1 Å². The minimum atomic E-state index is -1.89. The molecule has 0 radical (unpaired) electrons. The highest BCUT2D eigenvalue weighted by Gasteiger charge is 2.67. The highest BCUT2D eigenvalue weighted by molar-refractivity contribution is 6.33. The fourth-order valence-electron chi connectivity index (χ4n) is 5.92. The van der Waals surface area contributed by atoms with Crippen LogP contribution in [0.2, 0.25) is 5.15 Å². The van der Waals surface area contributed by atoms with Crippen LogP contribution in [-0.2, 0) is 24.0 Å². The van der Waals surface area contributed by atoms with Crippen LogP contribution in [0.1, 0.15) is 22.9 Å². The largest absolute Gasteiger partial charge is 0.390 e. The normalized spacial score (nSPS) is 25.3. The molecular weight excluding hydrogens is 526 g/mol. The van der Waals surface area contributed by atoms with Crippen molar-refractivity contribution in [2.45, 2.75) is 48.9 Å². The summed E-state index contributed by atoms with van der Waals surface area (Å²) < 4.78 is 8.25. The average Bonchev–Trinajstić information content (AvgIpc) is 3.48. The van der Waals surface area contributed by atoms with Gasteiger partial charge in [0.15, 0.2) is 11.4 Å². The SMILES string of the molecule is OC(Cc1ccccc1)[C@H]1O[C@@H](n2cnc3c(Cl)nccc32)[C@](O)(Cc2ccccc2)[C@@]1(O)Cc1ccccc1. The van der Waals surface area contributed by atoms with Gasteiger partial charge in [-0.3, -0.25) is 0 Å². The van der Waals surface area contributed by atoms with Crippen LogP contribution in [0, 0.1) is 0 Å². The number of aromatic nitrogens is 3. The Morgan fingerprint density at radius 3 is 1.93 bits per heavy atom. The standard InChI is InChI=1S/C32H30ClN3O4/c33-29-27-25(16-17-34-29)36(21-35-27)30-32(39,20-24-14-8-3-9-15-24)31(38,19-23-12-6-2-7-13-23)28(40-30)26(37)18-22-10-4-1-5-11-22/h1-17,21,26,28,30,37-39H,18-20H2/t26?,28-,30-,31-,32-/m1/s1. The first kappa shape index (κ1) is 26.6. The third kappa shape index (κ3) is 4.70. The molecule has 3 aromatic carbocycles. The molecule has 1 saturated heterocycles. The van der Waals surface area contributed by atoms with Crippen molar-refractivity contribution in [1.82, 2.24) is 14.5 Å². The summed E-state index contributed by atoms with van der Waals surface area (Å²) in [5.41, 5.74) is -0.215. The molecule has 1 aliphatic heterocycles. The second kappa shape index (κ2) is 10.8. The van der Waals surface area contributed by atoms with Crippen molar-refractivity contribution >= 4 is 22.6 Å². The number of pyridine rings is 1. The zero-order valence-electron chi connectivity index (χ0n) is 21.7. The van der Waals surface area contributed by atoms with Gasteiger partial charge in [0.25, 0.3) is 0 Å². The van der Waals surface area contributed by atoms with Crippen molar-refractivity contribution in [1.29, 1.82) is 0 Å². The highest BCUT2D eigenvalue weighted by Crippen LogP contribution is 2.51. The minimum Gasteiger partial charge on any atom is -0.390 e. The Balaban J connectivity index is 1.51. The molecule has 6 rings (SSSR count). The molecule has 40 heavy (non-hydrogen) atoms. The lowest BCUT2D eigenvalue weighted by atomic mass is 9.71. The van der Waals surface area contributed by atoms with Crippen molar-refractivity contribution in [2.75, 3.05) is 0 Å². The van der Waals surface area contributed by atoms with Crippen molar-refractivity contribution in [3.8, 4) is 0 Å². The van der Waals surface area contributed by atoms with E-state index in [0.29, 0.717) is 11.0 Å². The number of imidazole rings is 1. The number of rotatable bonds is 8. The fraction of sp³-hybridized carbons (Fsp3) is 0.250. The maximum Gasteiger partial charge on any atom is 0.168 e. The number of aliphatic hydroxyl groups is 3. The van der Waals surface area contributed by atoms with Gasteiger partial charge in [0.1, 0.15) is 22.8 Å². The maximum absolute atomic E-state index is 12.8. The summed E-state index contributed by atoms with van der Waals surface area (Å²) >= 11 is 6.33. The molecule has 1 unspecified atom stereocenters. The van der Waals surface area contributed by atoms with E-state index in [1.165, 1.54) is 6.33 Å². The minimum absolute atomic E-state index is 0.0547. The molecule has 0 spiro atoms. The van der Waals surface area contributed by atoms with E-state index < -0.39 is 29.6 Å². The van der Waals surface area contributed by atoms with Crippen molar-refractivity contribution in [3.63, 3.8) is 0 Å². The zero-order chi connectivity index (χ0) is 27.7. The van der Waals surface area contributed by atoms with Gasteiger partial charge >= 0.3 is 0 Å². The monoisotopic (exact) mass is 555 g/mol. The first-order chi connectivity index (χ1) is 19.4. The van der Waals surface area contributed by atoms with Crippen molar-refractivity contribution in [3.05, 3.63) is 131 Å². The van der Waals surface area contributed by atoms with Crippen LogP contribution in [0.4, 0.5) is 0 Å². The van der Waals surface area contributed by atoms with E-state index in [9.17, 15) is 15.3 Å². The number of hydrogen-bond acceptors (Lipinski definition) is 6. The lowest BCUT2D eigenvalue weighted by molar-refractivity contribution is -0.160. The summed E-state index contributed by atoms with van der Waals surface area (Å²) in [4.78, 5) is 8.56. The molecule has 2 aromatic heterocycles. The number of hydrogen-bond donors (Lipinski definition) is 3. The van der Waals surface area contributed by atoms with Gasteiger partial charge in [0.05, 0.1) is 17.9 Å². The Labute approximate surface area is 237 Å². The van der Waals surface area contributed by atoms with Gasteiger partial charge in [-0.1, -0.05) is 103 Å². The van der Waals surface area contributed by atoms with Crippen LogP contribution in [0.5, 0.6) is 0 Å². The van der Waals surface area contributed by atoms with Gasteiger partial charge in [-0.2, -0.15) is 0 Å². The number of fused-ring (bicyclic) bond motifs is 1. The summed E-state index contributed by atoms with van der Waals surface area (Å²) in [6, 6.07) is 30.2. The number of halogens is 1. The fourth-order valence-corrected chi connectivity index (χ4v) is 6.12. The van der Waals surface area contributed by atoms with E-state index in [-0.39, 0.29) is 24.4 Å². The Morgan fingerprint density at radius 2 is 1.32 bits per heavy atom. The molecular formula is C32H30ClN3O4. The smallest absolute Gasteiger partial charge is 0.168 e. The lowest BCUT2D eigenvalue weighted by Gasteiger charge is -2.42. The molecule has 5 atom stereocenters. The lowest BCUT2D eigenvalue weighted by Crippen LogP contribution is -2.62. The summed E-state index contributed by atoms with van der Waals surface area (Å²) in [6.07, 6.45) is 0.0929. The molecule has 3 heterocycles. The maximum atomic E-state index is 12.8. The van der Waals surface area contributed by atoms with Crippen LogP contribution >= 0.6 is 11.6 Å². The first-order valence-electron chi connectivity index (χ1n) is 13.3. The molecule has 3 N–H and O–H groups in total. The quantitative estimate of drug-likeness (QED) is 0.243. The van der Waals surface area contributed by atoms with E-state index in [2.05, 4.69) is 9.97 Å². The molecule has 1 aliphatic rings. The van der Waals surface area contributed by atoms with Gasteiger partial charge in [0, 0.05) is 25.5 Å². The van der Waals surface area contributed by atoms with E-state index in [0.717, 1.165) is 16.7 Å². The molecule has 0 amide bonds. The van der Waals surface area contributed by atoms with Crippen LogP contribution in [0.15, 0.2) is 110 Å². The molecule has 0 aliphatic carbocycles.